The van der Waals surface area contributed by atoms with Gasteiger partial charge in [-0.1, -0.05) is 78.9 Å². The van der Waals surface area contributed by atoms with E-state index in [2.05, 4.69) is 42.2 Å². The number of rotatable bonds is 8. The lowest BCUT2D eigenvalue weighted by Gasteiger charge is -2.33. The molecule has 0 aliphatic carbocycles. The summed E-state index contributed by atoms with van der Waals surface area (Å²) < 4.78 is 0. The zero-order valence-electron chi connectivity index (χ0n) is 21.1. The second-order valence-electron chi connectivity index (χ2n) is 9.82. The van der Waals surface area contributed by atoms with E-state index >= 15 is 0 Å². The smallest absolute Gasteiger partial charge is 0.254 e. The van der Waals surface area contributed by atoms with Crippen LogP contribution >= 0.6 is 0 Å². The Morgan fingerprint density at radius 3 is 2.31 bits per heavy atom. The summed E-state index contributed by atoms with van der Waals surface area (Å²) in [6.45, 7) is 6.90. The first-order chi connectivity index (χ1) is 17.7. The van der Waals surface area contributed by atoms with Crippen LogP contribution in [0.15, 0.2) is 91.0 Å². The molecule has 4 aromatic rings. The third-order valence-electron chi connectivity index (χ3n) is 7.45. The van der Waals surface area contributed by atoms with Crippen LogP contribution in [0.4, 0.5) is 0 Å². The lowest BCUT2D eigenvalue weighted by atomic mass is 9.93. The minimum atomic E-state index is 0.106. The topological polar surface area (TPSA) is 36.4 Å². The molecule has 3 aromatic carbocycles. The minimum absolute atomic E-state index is 0.106. The van der Waals surface area contributed by atoms with Gasteiger partial charge in [0.25, 0.3) is 5.91 Å². The number of amides is 1. The molecule has 0 unspecified atom stereocenters. The third kappa shape index (κ3) is 5.66. The van der Waals surface area contributed by atoms with E-state index in [4.69, 9.17) is 4.98 Å². The number of carbonyl (C=O) groups is 1. The molecule has 184 valence electrons. The molecule has 5 rings (SSSR count). The number of para-hydroxylation sites is 1. The third-order valence-corrected chi connectivity index (χ3v) is 7.45. The van der Waals surface area contributed by atoms with Crippen LogP contribution in [0.3, 0.4) is 0 Å². The molecular formula is C32H35N3O. The maximum absolute atomic E-state index is 13.8. The average molecular weight is 478 g/mol. The molecule has 0 radical (unpaired) electrons. The summed E-state index contributed by atoms with van der Waals surface area (Å²) >= 11 is 0. The van der Waals surface area contributed by atoms with Crippen molar-refractivity contribution in [3.05, 3.63) is 102 Å². The van der Waals surface area contributed by atoms with Crippen molar-refractivity contribution in [2.75, 3.05) is 26.2 Å². The Balaban J connectivity index is 1.25. The summed E-state index contributed by atoms with van der Waals surface area (Å²) in [6.07, 6.45) is 3.47. The molecule has 1 amide bonds. The molecule has 1 fully saturated rings. The number of carbonyl (C=O) groups excluding carboxylic acids is 1. The molecule has 1 aliphatic heterocycles. The highest BCUT2D eigenvalue weighted by atomic mass is 16.2. The molecule has 0 N–H and O–H groups in total. The minimum Gasteiger partial charge on any atom is -0.339 e. The molecule has 0 bridgehead atoms. The number of fused-ring (bicyclic) bond motifs is 1. The van der Waals surface area contributed by atoms with Gasteiger partial charge >= 0.3 is 0 Å². The van der Waals surface area contributed by atoms with E-state index in [9.17, 15) is 4.79 Å². The van der Waals surface area contributed by atoms with Crippen LogP contribution in [-0.4, -0.2) is 46.9 Å². The van der Waals surface area contributed by atoms with Crippen molar-refractivity contribution in [3.63, 3.8) is 0 Å². The molecule has 0 atom stereocenters. The Morgan fingerprint density at radius 1 is 0.917 bits per heavy atom. The largest absolute Gasteiger partial charge is 0.339 e. The van der Waals surface area contributed by atoms with E-state index in [1.165, 1.54) is 18.4 Å². The van der Waals surface area contributed by atoms with Gasteiger partial charge in [0.2, 0.25) is 0 Å². The van der Waals surface area contributed by atoms with E-state index in [1.807, 2.05) is 65.6 Å². The van der Waals surface area contributed by atoms with Crippen molar-refractivity contribution >= 4 is 16.8 Å². The van der Waals surface area contributed by atoms with E-state index in [0.717, 1.165) is 60.3 Å². The molecule has 36 heavy (non-hydrogen) atoms. The quantitative estimate of drug-likeness (QED) is 0.284. The number of piperidine rings is 1. The van der Waals surface area contributed by atoms with Gasteiger partial charge in [0, 0.05) is 30.6 Å². The number of likely N-dealkylation sites (tertiary alicyclic amines) is 1. The van der Waals surface area contributed by atoms with E-state index in [-0.39, 0.29) is 5.91 Å². The Labute approximate surface area is 214 Å². The molecular weight excluding hydrogens is 442 g/mol. The van der Waals surface area contributed by atoms with Gasteiger partial charge in [-0.2, -0.15) is 0 Å². The molecule has 4 nitrogen and oxygen atoms in total. The molecule has 0 spiro atoms. The van der Waals surface area contributed by atoms with E-state index in [0.29, 0.717) is 12.5 Å². The summed E-state index contributed by atoms with van der Waals surface area (Å²) in [5.41, 5.74) is 4.88. The van der Waals surface area contributed by atoms with Crippen LogP contribution in [-0.2, 0) is 6.54 Å². The van der Waals surface area contributed by atoms with Crippen LogP contribution in [0.25, 0.3) is 22.2 Å². The molecule has 4 heteroatoms. The van der Waals surface area contributed by atoms with Gasteiger partial charge in [-0.3, -0.25) is 9.69 Å². The molecule has 0 saturated carbocycles. The van der Waals surface area contributed by atoms with Crippen LogP contribution in [0, 0.1) is 5.92 Å². The number of benzene rings is 3. The molecule has 2 heterocycles. The molecule has 1 aromatic heterocycles. The predicted octanol–water partition coefficient (Wildman–Crippen LogP) is 6.67. The first-order valence-electron chi connectivity index (χ1n) is 13.2. The van der Waals surface area contributed by atoms with Gasteiger partial charge in [0.1, 0.15) is 0 Å². The van der Waals surface area contributed by atoms with Crippen molar-refractivity contribution in [1.82, 2.24) is 14.8 Å². The summed E-state index contributed by atoms with van der Waals surface area (Å²) in [6, 6.07) is 30.8. The second kappa shape index (κ2) is 11.5. The van der Waals surface area contributed by atoms with Crippen molar-refractivity contribution < 1.29 is 4.79 Å². The Bertz CT molecular complexity index is 1280. The van der Waals surface area contributed by atoms with E-state index < -0.39 is 0 Å². The zero-order valence-corrected chi connectivity index (χ0v) is 21.1. The molecule has 1 saturated heterocycles. The van der Waals surface area contributed by atoms with Crippen LogP contribution < -0.4 is 0 Å². The normalized spacial score (nSPS) is 14.7. The number of aromatic nitrogens is 1. The Hall–Kier alpha value is -3.50. The van der Waals surface area contributed by atoms with E-state index in [1.54, 1.807) is 0 Å². The number of hydrogen-bond acceptors (Lipinski definition) is 3. The van der Waals surface area contributed by atoms with Gasteiger partial charge in [0.05, 0.1) is 16.8 Å². The number of pyridine rings is 1. The number of hydrogen-bond donors (Lipinski definition) is 0. The average Bonchev–Trinajstić information content (AvgIpc) is 2.94. The highest BCUT2D eigenvalue weighted by Crippen LogP contribution is 2.27. The van der Waals surface area contributed by atoms with Gasteiger partial charge in [-0.25, -0.2) is 4.98 Å². The van der Waals surface area contributed by atoms with Gasteiger partial charge in [-0.15, -0.1) is 0 Å². The van der Waals surface area contributed by atoms with Gasteiger partial charge in [0.15, 0.2) is 0 Å². The fraction of sp³-hybridized carbons (Fsp3) is 0.312. The zero-order chi connectivity index (χ0) is 24.7. The van der Waals surface area contributed by atoms with Crippen molar-refractivity contribution in [1.29, 1.82) is 0 Å². The summed E-state index contributed by atoms with van der Waals surface area (Å²) in [7, 11) is 0. The maximum atomic E-state index is 13.8. The second-order valence-corrected chi connectivity index (χ2v) is 9.82. The van der Waals surface area contributed by atoms with Crippen LogP contribution in [0.2, 0.25) is 0 Å². The Kier molecular flexibility index (Phi) is 7.73. The monoisotopic (exact) mass is 477 g/mol. The van der Waals surface area contributed by atoms with Crippen molar-refractivity contribution in [2.45, 2.75) is 32.7 Å². The Morgan fingerprint density at radius 2 is 1.58 bits per heavy atom. The van der Waals surface area contributed by atoms with Crippen molar-refractivity contribution in [3.8, 4) is 11.3 Å². The van der Waals surface area contributed by atoms with Gasteiger partial charge in [-0.05, 0) is 62.9 Å². The lowest BCUT2D eigenvalue weighted by Crippen LogP contribution is -2.36. The first-order valence-corrected chi connectivity index (χ1v) is 13.2. The van der Waals surface area contributed by atoms with Crippen LogP contribution in [0.1, 0.15) is 42.1 Å². The summed E-state index contributed by atoms with van der Waals surface area (Å²) in [5.74, 6) is 0.780. The van der Waals surface area contributed by atoms with Gasteiger partial charge < -0.3 is 4.90 Å². The maximum Gasteiger partial charge on any atom is 0.254 e. The molecule has 1 aliphatic rings. The number of nitrogens with zero attached hydrogens (tertiary/aromatic N) is 3. The van der Waals surface area contributed by atoms with Crippen molar-refractivity contribution in [2.24, 2.45) is 5.92 Å². The lowest BCUT2D eigenvalue weighted by molar-refractivity contribution is 0.0745. The predicted molar refractivity (Wildman–Crippen MR) is 148 cm³/mol. The standard InChI is InChI=1S/C32H35N3O/c1-2-35(22-19-25-17-20-34(21-18-25)24-26-11-5-3-6-12-26)32(36)29-23-31(27-13-7-4-8-14-27)33-30-16-10-9-15-28(29)30/h3-16,23,25H,2,17-22,24H2,1H3. The highest BCUT2D eigenvalue weighted by molar-refractivity contribution is 6.07. The first kappa shape index (κ1) is 24.2. The fourth-order valence-electron chi connectivity index (χ4n) is 5.30. The van der Waals surface area contributed by atoms with Crippen LogP contribution in [0.5, 0.6) is 0 Å². The highest BCUT2D eigenvalue weighted by Gasteiger charge is 2.23. The summed E-state index contributed by atoms with van der Waals surface area (Å²) in [4.78, 5) is 23.2. The fourth-order valence-corrected chi connectivity index (χ4v) is 5.30. The SMILES string of the molecule is CCN(CCC1CCN(Cc2ccccc2)CC1)C(=O)c1cc(-c2ccccc2)nc2ccccc12. The summed E-state index contributed by atoms with van der Waals surface area (Å²) in [5, 5.41) is 0.926.